The van der Waals surface area contributed by atoms with Crippen LogP contribution in [0.5, 0.6) is 0 Å². The highest BCUT2D eigenvalue weighted by atomic mass is 35.5. The third kappa shape index (κ3) is 5.15. The van der Waals surface area contributed by atoms with Crippen molar-refractivity contribution in [3.8, 4) is 0 Å². The van der Waals surface area contributed by atoms with E-state index in [9.17, 15) is 4.79 Å². The van der Waals surface area contributed by atoms with Gasteiger partial charge in [-0.15, -0.1) is 0 Å². The number of aliphatic hydroxyl groups is 1. The molecule has 0 unspecified atom stereocenters. The van der Waals surface area contributed by atoms with Gasteiger partial charge in [0.1, 0.15) is 0 Å². The highest BCUT2D eigenvalue weighted by Crippen LogP contribution is 2.56. The summed E-state index contributed by atoms with van der Waals surface area (Å²) < 4.78 is 0. The van der Waals surface area contributed by atoms with Gasteiger partial charge in [0.05, 0.1) is 10.6 Å². The predicted octanol–water partition coefficient (Wildman–Crippen LogP) is 4.05. The number of amides is 1. The molecule has 0 aromatic heterocycles. The minimum Gasteiger partial charge on any atom is -0.396 e. The Labute approximate surface area is 179 Å². The van der Waals surface area contributed by atoms with Gasteiger partial charge in [0.25, 0.3) is 5.91 Å². The van der Waals surface area contributed by atoms with E-state index in [0.717, 1.165) is 68.1 Å². The molecule has 0 atom stereocenters. The first-order valence-electron chi connectivity index (χ1n) is 11.5. The Bertz CT molecular complexity index is 680. The molecule has 4 aliphatic rings. The number of nitrogens with one attached hydrogen (secondary N) is 2. The average Bonchev–Trinajstić information content (AvgIpc) is 2.70. The zero-order valence-corrected chi connectivity index (χ0v) is 18.1. The second-order valence-electron chi connectivity index (χ2n) is 9.55. The minimum atomic E-state index is -0.0215. The number of hydrogen-bond donors (Lipinski definition) is 3. The van der Waals surface area contributed by atoms with Gasteiger partial charge in [-0.05, 0) is 112 Å². The number of hydrogen-bond acceptors (Lipinski definition) is 3. The smallest absolute Gasteiger partial charge is 0.252 e. The summed E-state index contributed by atoms with van der Waals surface area (Å²) in [5.41, 5.74) is 1.76. The molecule has 1 aromatic carbocycles. The summed E-state index contributed by atoms with van der Waals surface area (Å²) in [6.07, 6.45) is 9.71. The number of aliphatic hydroxyl groups excluding tert-OH is 1. The van der Waals surface area contributed by atoms with Crippen LogP contribution in [0, 0.1) is 29.6 Å². The number of carbonyl (C=O) groups is 1. The molecule has 0 spiro atoms. The number of carbonyl (C=O) groups excluding carboxylic acids is 1. The second-order valence-corrected chi connectivity index (χ2v) is 9.96. The Hall–Kier alpha value is -1.10. The van der Waals surface area contributed by atoms with Crippen LogP contribution in [0.1, 0.15) is 60.9 Å². The van der Waals surface area contributed by atoms with E-state index in [-0.39, 0.29) is 12.5 Å². The molecule has 0 heterocycles. The standard InChI is InChI=1S/C24H35ClN2O2/c25-23-5-4-16(3-1-6-26-7-2-8-28)14-21(23)24(29)27-15-22-19-10-17-9-18(12-19)13-20(22)11-17/h4-5,14,17-20,22,26,28H,1-3,6-13,15H2,(H,27,29). The van der Waals surface area contributed by atoms with Crippen LogP contribution >= 0.6 is 11.6 Å². The zero-order valence-electron chi connectivity index (χ0n) is 17.3. The first-order chi connectivity index (χ1) is 14.1. The molecular formula is C24H35ClN2O2. The molecule has 5 rings (SSSR count). The van der Waals surface area contributed by atoms with E-state index in [1.165, 1.54) is 32.1 Å². The van der Waals surface area contributed by atoms with Crippen molar-refractivity contribution in [1.29, 1.82) is 0 Å². The highest BCUT2D eigenvalue weighted by Gasteiger charge is 2.47. The molecule has 1 amide bonds. The van der Waals surface area contributed by atoms with Crippen LogP contribution in [0.4, 0.5) is 0 Å². The van der Waals surface area contributed by atoms with Gasteiger partial charge < -0.3 is 15.7 Å². The zero-order chi connectivity index (χ0) is 20.2. The summed E-state index contributed by atoms with van der Waals surface area (Å²) in [5, 5.41) is 15.9. The van der Waals surface area contributed by atoms with Crippen LogP contribution in [0.25, 0.3) is 0 Å². The van der Waals surface area contributed by atoms with Gasteiger partial charge in [0, 0.05) is 13.2 Å². The predicted molar refractivity (Wildman–Crippen MR) is 117 cm³/mol. The second kappa shape index (κ2) is 9.80. The molecular weight excluding hydrogens is 384 g/mol. The van der Waals surface area contributed by atoms with Gasteiger partial charge in [-0.1, -0.05) is 17.7 Å². The SMILES string of the molecule is O=C(NCC1C2CC3CC(C2)CC1C3)c1cc(CCCNCCCO)ccc1Cl. The fourth-order valence-corrected chi connectivity index (χ4v) is 6.53. The molecule has 4 nitrogen and oxygen atoms in total. The maximum atomic E-state index is 12.9. The fraction of sp³-hybridized carbons (Fsp3) is 0.708. The van der Waals surface area contributed by atoms with Crippen molar-refractivity contribution >= 4 is 17.5 Å². The lowest BCUT2D eigenvalue weighted by Gasteiger charge is -2.54. The van der Waals surface area contributed by atoms with E-state index < -0.39 is 0 Å². The van der Waals surface area contributed by atoms with Crippen molar-refractivity contribution in [2.75, 3.05) is 26.2 Å². The first-order valence-corrected chi connectivity index (χ1v) is 11.9. The van der Waals surface area contributed by atoms with Crippen LogP contribution in [-0.4, -0.2) is 37.3 Å². The van der Waals surface area contributed by atoms with E-state index in [2.05, 4.69) is 10.6 Å². The van der Waals surface area contributed by atoms with Crippen molar-refractivity contribution in [2.45, 2.75) is 51.4 Å². The van der Waals surface area contributed by atoms with E-state index in [1.54, 1.807) is 0 Å². The maximum Gasteiger partial charge on any atom is 0.252 e. The molecule has 0 radical (unpaired) electrons. The molecule has 0 aliphatic heterocycles. The molecule has 4 fully saturated rings. The molecule has 0 saturated heterocycles. The summed E-state index contributed by atoms with van der Waals surface area (Å²) in [6, 6.07) is 5.83. The molecule has 160 valence electrons. The van der Waals surface area contributed by atoms with Gasteiger partial charge >= 0.3 is 0 Å². The van der Waals surface area contributed by atoms with Crippen molar-refractivity contribution in [3.05, 3.63) is 34.3 Å². The summed E-state index contributed by atoms with van der Waals surface area (Å²) in [5.74, 6) is 4.23. The quantitative estimate of drug-likeness (QED) is 0.502. The van der Waals surface area contributed by atoms with Crippen LogP contribution in [-0.2, 0) is 6.42 Å². The van der Waals surface area contributed by atoms with E-state index in [4.69, 9.17) is 16.7 Å². The van der Waals surface area contributed by atoms with Crippen LogP contribution in [0.15, 0.2) is 18.2 Å². The number of rotatable bonds is 10. The first kappa shape index (κ1) is 21.1. The van der Waals surface area contributed by atoms with Gasteiger partial charge in [0.2, 0.25) is 0 Å². The summed E-state index contributed by atoms with van der Waals surface area (Å²) >= 11 is 6.35. The Morgan fingerprint density at radius 3 is 2.41 bits per heavy atom. The summed E-state index contributed by atoms with van der Waals surface area (Å²) in [4.78, 5) is 12.9. The summed E-state index contributed by atoms with van der Waals surface area (Å²) in [7, 11) is 0. The molecule has 4 saturated carbocycles. The van der Waals surface area contributed by atoms with Crippen molar-refractivity contribution in [1.82, 2.24) is 10.6 Å². The van der Waals surface area contributed by atoms with Crippen molar-refractivity contribution < 1.29 is 9.90 Å². The van der Waals surface area contributed by atoms with Crippen molar-refractivity contribution in [2.24, 2.45) is 29.6 Å². The Kier molecular flexibility index (Phi) is 7.15. The van der Waals surface area contributed by atoms with E-state index in [1.807, 2.05) is 18.2 Å². The third-order valence-electron chi connectivity index (χ3n) is 7.53. The van der Waals surface area contributed by atoms with Crippen LogP contribution in [0.3, 0.4) is 0 Å². The Morgan fingerprint density at radius 1 is 1.03 bits per heavy atom. The molecule has 4 aliphatic carbocycles. The lowest BCUT2D eigenvalue weighted by Crippen LogP contribution is -2.49. The summed E-state index contributed by atoms with van der Waals surface area (Å²) in [6.45, 7) is 2.79. The maximum absolute atomic E-state index is 12.9. The Morgan fingerprint density at radius 2 is 1.72 bits per heavy atom. The molecule has 3 N–H and O–H groups in total. The molecule has 1 aromatic rings. The molecule has 4 bridgehead atoms. The minimum absolute atomic E-state index is 0.0215. The van der Waals surface area contributed by atoms with Gasteiger partial charge in [-0.3, -0.25) is 4.79 Å². The monoisotopic (exact) mass is 418 g/mol. The number of benzene rings is 1. The third-order valence-corrected chi connectivity index (χ3v) is 7.86. The van der Waals surface area contributed by atoms with Crippen LogP contribution < -0.4 is 10.6 Å². The van der Waals surface area contributed by atoms with Gasteiger partial charge in [0.15, 0.2) is 0 Å². The van der Waals surface area contributed by atoms with E-state index in [0.29, 0.717) is 16.5 Å². The largest absolute Gasteiger partial charge is 0.396 e. The lowest BCUT2D eigenvalue weighted by molar-refractivity contribution is -0.0347. The van der Waals surface area contributed by atoms with Gasteiger partial charge in [-0.25, -0.2) is 0 Å². The normalized spacial score (nSPS) is 29.9. The van der Waals surface area contributed by atoms with Crippen molar-refractivity contribution in [3.63, 3.8) is 0 Å². The average molecular weight is 419 g/mol. The lowest BCUT2D eigenvalue weighted by atomic mass is 9.52. The molecule has 5 heteroatoms. The number of halogens is 1. The topological polar surface area (TPSA) is 61.4 Å². The number of aryl methyl sites for hydroxylation is 1. The fourth-order valence-electron chi connectivity index (χ4n) is 6.33. The van der Waals surface area contributed by atoms with E-state index >= 15 is 0 Å². The molecule has 29 heavy (non-hydrogen) atoms. The van der Waals surface area contributed by atoms with Gasteiger partial charge in [-0.2, -0.15) is 0 Å². The Balaban J connectivity index is 1.28. The highest BCUT2D eigenvalue weighted by molar-refractivity contribution is 6.33. The van der Waals surface area contributed by atoms with Crippen LogP contribution in [0.2, 0.25) is 5.02 Å².